The highest BCUT2D eigenvalue weighted by Crippen LogP contribution is 1.90. The Balaban J connectivity index is 0.000000281. The van der Waals surface area contributed by atoms with E-state index < -0.39 is 0 Å². The van der Waals surface area contributed by atoms with Gasteiger partial charge in [0.25, 0.3) is 0 Å². The van der Waals surface area contributed by atoms with Gasteiger partial charge in [0.2, 0.25) is 0 Å². The predicted molar refractivity (Wildman–Crippen MR) is 42.1 cm³/mol. The molecular formula is C7H10N4. The Morgan fingerprint density at radius 3 is 2.82 bits per heavy atom. The van der Waals surface area contributed by atoms with Crippen molar-refractivity contribution in [1.29, 1.82) is 0 Å². The minimum Gasteiger partial charge on any atom is -0.219 e. The van der Waals surface area contributed by atoms with Crippen molar-refractivity contribution < 1.29 is 0 Å². The number of nitrogens with zero attached hydrogens (tertiary/aromatic N) is 4. The predicted octanol–water partition coefficient (Wildman–Crippen LogP) is 1.15. The van der Waals surface area contributed by atoms with Gasteiger partial charge in [-0.2, -0.15) is 10.2 Å². The highest BCUT2D eigenvalue weighted by Gasteiger charge is 1.88. The van der Waals surface area contributed by atoms with Crippen molar-refractivity contribution in [1.82, 2.24) is 19.8 Å². The Labute approximate surface area is 64.9 Å². The SMILES string of the molecule is CC.c1cn2nccc2nn1. The molecule has 2 aromatic heterocycles. The van der Waals surface area contributed by atoms with Gasteiger partial charge in [-0.15, -0.1) is 5.10 Å². The molecule has 0 bridgehead atoms. The second-order valence-electron chi connectivity index (χ2n) is 1.65. The fraction of sp³-hybridized carbons (Fsp3) is 0.286. The quantitative estimate of drug-likeness (QED) is 0.565. The maximum atomic E-state index is 3.93. The summed E-state index contributed by atoms with van der Waals surface area (Å²) in [5.41, 5.74) is 0.775. The number of rotatable bonds is 0. The lowest BCUT2D eigenvalue weighted by molar-refractivity contribution is 0.889. The third kappa shape index (κ3) is 1.52. The topological polar surface area (TPSA) is 43.1 Å². The smallest absolute Gasteiger partial charge is 0.177 e. The van der Waals surface area contributed by atoms with Crippen molar-refractivity contribution in [3.8, 4) is 0 Å². The molecule has 11 heavy (non-hydrogen) atoms. The van der Waals surface area contributed by atoms with Gasteiger partial charge in [-0.05, 0) is 0 Å². The maximum Gasteiger partial charge on any atom is 0.177 e. The van der Waals surface area contributed by atoms with Gasteiger partial charge in [-0.1, -0.05) is 13.8 Å². The van der Waals surface area contributed by atoms with Crippen molar-refractivity contribution in [2.45, 2.75) is 13.8 Å². The van der Waals surface area contributed by atoms with Crippen LogP contribution in [0.1, 0.15) is 13.8 Å². The molecule has 0 spiro atoms. The van der Waals surface area contributed by atoms with Crippen molar-refractivity contribution in [2.24, 2.45) is 0 Å². The molecule has 0 aliphatic heterocycles. The summed E-state index contributed by atoms with van der Waals surface area (Å²) >= 11 is 0. The van der Waals surface area contributed by atoms with Gasteiger partial charge in [-0.3, -0.25) is 0 Å². The summed E-state index contributed by atoms with van der Waals surface area (Å²) in [5, 5.41) is 11.4. The standard InChI is InChI=1S/C5H4N4.C2H6/c1-2-7-9-4-3-6-8-5(1)9;1-2/h1-4H;1-2H3. The zero-order chi connectivity index (χ0) is 8.10. The number of fused-ring (bicyclic) bond motifs is 1. The molecule has 4 heteroatoms. The first kappa shape index (κ1) is 7.65. The molecule has 0 aromatic carbocycles. The monoisotopic (exact) mass is 150 g/mol. The van der Waals surface area contributed by atoms with Gasteiger partial charge >= 0.3 is 0 Å². The van der Waals surface area contributed by atoms with E-state index in [1.165, 1.54) is 0 Å². The Morgan fingerprint density at radius 2 is 2.09 bits per heavy atom. The van der Waals surface area contributed by atoms with Crippen LogP contribution in [0.5, 0.6) is 0 Å². The average Bonchev–Trinajstić information content (AvgIpc) is 2.55. The summed E-state index contributed by atoms with van der Waals surface area (Å²) in [4.78, 5) is 0. The second kappa shape index (κ2) is 3.65. The van der Waals surface area contributed by atoms with Gasteiger partial charge in [0.1, 0.15) is 0 Å². The summed E-state index contributed by atoms with van der Waals surface area (Å²) < 4.78 is 1.66. The number of hydrogen-bond donors (Lipinski definition) is 0. The molecule has 0 saturated heterocycles. The third-order valence-corrected chi connectivity index (χ3v) is 1.08. The molecule has 2 heterocycles. The highest BCUT2D eigenvalue weighted by molar-refractivity contribution is 5.32. The van der Waals surface area contributed by atoms with E-state index >= 15 is 0 Å². The Hall–Kier alpha value is -1.45. The molecule has 2 aromatic rings. The molecule has 0 aliphatic rings. The Morgan fingerprint density at radius 1 is 1.27 bits per heavy atom. The van der Waals surface area contributed by atoms with Crippen molar-refractivity contribution in [3.05, 3.63) is 24.7 Å². The molecule has 0 fully saturated rings. The lowest BCUT2D eigenvalue weighted by Gasteiger charge is -1.84. The Bertz CT molecular complexity index is 284. The van der Waals surface area contributed by atoms with Gasteiger partial charge < -0.3 is 0 Å². The van der Waals surface area contributed by atoms with E-state index in [0.717, 1.165) is 5.65 Å². The van der Waals surface area contributed by atoms with Gasteiger partial charge in [0.15, 0.2) is 5.65 Å². The normalized spacial score (nSPS) is 8.91. The fourth-order valence-corrected chi connectivity index (χ4v) is 0.687. The van der Waals surface area contributed by atoms with Crippen LogP contribution < -0.4 is 0 Å². The lowest BCUT2D eigenvalue weighted by Crippen LogP contribution is -1.89. The van der Waals surface area contributed by atoms with Crippen LogP contribution in [0, 0.1) is 0 Å². The van der Waals surface area contributed by atoms with E-state index in [0.29, 0.717) is 0 Å². The Kier molecular flexibility index (Phi) is 2.54. The lowest BCUT2D eigenvalue weighted by atomic mass is 10.7. The minimum atomic E-state index is 0.775. The van der Waals surface area contributed by atoms with E-state index in [2.05, 4.69) is 15.3 Å². The molecule has 0 radical (unpaired) electrons. The van der Waals surface area contributed by atoms with E-state index in [1.807, 2.05) is 13.8 Å². The zero-order valence-electron chi connectivity index (χ0n) is 6.60. The van der Waals surface area contributed by atoms with Crippen LogP contribution in [-0.4, -0.2) is 19.8 Å². The first-order valence-corrected chi connectivity index (χ1v) is 3.58. The van der Waals surface area contributed by atoms with Crippen LogP contribution in [0.25, 0.3) is 5.65 Å². The summed E-state index contributed by atoms with van der Waals surface area (Å²) in [6.45, 7) is 4.00. The van der Waals surface area contributed by atoms with Crippen molar-refractivity contribution >= 4 is 5.65 Å². The fourth-order valence-electron chi connectivity index (χ4n) is 0.687. The summed E-state index contributed by atoms with van der Waals surface area (Å²) in [5.74, 6) is 0. The molecular weight excluding hydrogens is 140 g/mol. The van der Waals surface area contributed by atoms with E-state index in [9.17, 15) is 0 Å². The van der Waals surface area contributed by atoms with Crippen LogP contribution in [-0.2, 0) is 0 Å². The van der Waals surface area contributed by atoms with Crippen LogP contribution in [0.4, 0.5) is 0 Å². The number of aromatic nitrogens is 4. The summed E-state index contributed by atoms with van der Waals surface area (Å²) in [6, 6.07) is 1.80. The third-order valence-electron chi connectivity index (χ3n) is 1.08. The maximum absolute atomic E-state index is 3.93. The van der Waals surface area contributed by atoms with Gasteiger partial charge in [-0.25, -0.2) is 4.52 Å². The van der Waals surface area contributed by atoms with Crippen LogP contribution in [0.2, 0.25) is 0 Å². The zero-order valence-corrected chi connectivity index (χ0v) is 6.60. The van der Waals surface area contributed by atoms with Crippen LogP contribution in [0.15, 0.2) is 24.7 Å². The van der Waals surface area contributed by atoms with Crippen LogP contribution in [0.3, 0.4) is 0 Å². The van der Waals surface area contributed by atoms with Crippen molar-refractivity contribution in [3.63, 3.8) is 0 Å². The summed E-state index contributed by atoms with van der Waals surface area (Å²) in [7, 11) is 0. The molecule has 0 N–H and O–H groups in total. The van der Waals surface area contributed by atoms with Gasteiger partial charge in [0.05, 0.1) is 18.6 Å². The van der Waals surface area contributed by atoms with E-state index in [4.69, 9.17) is 0 Å². The summed E-state index contributed by atoms with van der Waals surface area (Å²) in [6.07, 6.45) is 5.03. The van der Waals surface area contributed by atoms with Crippen LogP contribution >= 0.6 is 0 Å². The minimum absolute atomic E-state index is 0.775. The molecule has 0 amide bonds. The molecule has 58 valence electrons. The molecule has 0 aliphatic carbocycles. The number of hydrogen-bond acceptors (Lipinski definition) is 3. The average molecular weight is 150 g/mol. The molecule has 0 unspecified atom stereocenters. The molecule has 0 saturated carbocycles. The molecule has 0 atom stereocenters. The van der Waals surface area contributed by atoms with E-state index in [1.54, 1.807) is 29.2 Å². The van der Waals surface area contributed by atoms with Crippen molar-refractivity contribution in [2.75, 3.05) is 0 Å². The first-order chi connectivity index (χ1) is 5.47. The highest BCUT2D eigenvalue weighted by atomic mass is 15.3. The molecule has 2 rings (SSSR count). The molecule has 4 nitrogen and oxygen atoms in total. The van der Waals surface area contributed by atoms with Gasteiger partial charge in [0, 0.05) is 6.07 Å². The van der Waals surface area contributed by atoms with E-state index in [-0.39, 0.29) is 0 Å². The second-order valence-corrected chi connectivity index (χ2v) is 1.65. The first-order valence-electron chi connectivity index (χ1n) is 3.58. The largest absolute Gasteiger partial charge is 0.219 e.